The Morgan fingerprint density at radius 3 is 2.14 bits per heavy atom. The molecule has 0 aromatic heterocycles. The van der Waals surface area contributed by atoms with E-state index in [-0.39, 0.29) is 17.6 Å². The maximum Gasteiger partial charge on any atom is 0.0746 e. The highest BCUT2D eigenvalue weighted by molar-refractivity contribution is 5.14. The van der Waals surface area contributed by atoms with Gasteiger partial charge in [-0.05, 0) is 74.2 Å². The van der Waals surface area contributed by atoms with E-state index in [2.05, 4.69) is 42.6 Å². The summed E-state index contributed by atoms with van der Waals surface area (Å²) in [7, 11) is 0. The molecule has 4 aliphatic carbocycles. The van der Waals surface area contributed by atoms with Crippen LogP contribution >= 0.6 is 0 Å². The van der Waals surface area contributed by atoms with E-state index in [9.17, 15) is 5.11 Å². The third-order valence-electron chi connectivity index (χ3n) is 6.66. The number of nitrogens with one attached hydrogen (secondary N) is 1. The average Bonchev–Trinajstić information content (AvgIpc) is 2.51. The Labute approximate surface area is 134 Å². The van der Waals surface area contributed by atoms with Crippen molar-refractivity contribution in [1.29, 1.82) is 0 Å². The molecule has 0 unspecified atom stereocenters. The Morgan fingerprint density at radius 1 is 1.05 bits per heavy atom. The number of hydrogen-bond acceptors (Lipinski definition) is 2. The van der Waals surface area contributed by atoms with Gasteiger partial charge in [-0.25, -0.2) is 0 Å². The fourth-order valence-corrected chi connectivity index (χ4v) is 6.06. The zero-order chi connectivity index (χ0) is 15.2. The van der Waals surface area contributed by atoms with Crippen LogP contribution in [0.15, 0.2) is 30.3 Å². The summed E-state index contributed by atoms with van der Waals surface area (Å²) in [6.07, 6.45) is 7.96. The Hall–Kier alpha value is -0.860. The first-order valence-corrected chi connectivity index (χ1v) is 9.10. The molecule has 4 fully saturated rings. The van der Waals surface area contributed by atoms with E-state index in [1.165, 1.54) is 44.1 Å². The average molecular weight is 299 g/mol. The lowest BCUT2D eigenvalue weighted by Crippen LogP contribution is -2.56. The minimum atomic E-state index is -0.190. The molecule has 2 atom stereocenters. The Bertz CT molecular complexity index is 476. The second-order valence-electron chi connectivity index (χ2n) is 8.38. The van der Waals surface area contributed by atoms with Gasteiger partial charge in [0.15, 0.2) is 0 Å². The van der Waals surface area contributed by atoms with Crippen LogP contribution in [-0.2, 0) is 6.54 Å². The summed E-state index contributed by atoms with van der Waals surface area (Å²) in [4.78, 5) is 0. The lowest BCUT2D eigenvalue weighted by atomic mass is 9.47. The van der Waals surface area contributed by atoms with E-state index >= 15 is 0 Å². The first-order chi connectivity index (χ1) is 10.6. The smallest absolute Gasteiger partial charge is 0.0746 e. The minimum absolute atomic E-state index is 0.177. The summed E-state index contributed by atoms with van der Waals surface area (Å²) in [5.41, 5.74) is 1.52. The highest BCUT2D eigenvalue weighted by Gasteiger charge is 2.54. The molecule has 4 saturated carbocycles. The van der Waals surface area contributed by atoms with Gasteiger partial charge in [-0.15, -0.1) is 0 Å². The normalized spacial score (nSPS) is 38.9. The van der Waals surface area contributed by atoms with E-state index in [0.717, 1.165) is 24.3 Å². The van der Waals surface area contributed by atoms with Crippen molar-refractivity contribution in [2.45, 2.75) is 64.1 Å². The molecule has 0 radical (unpaired) electrons. The molecular weight excluding hydrogens is 270 g/mol. The fraction of sp³-hybridized carbons (Fsp3) is 0.700. The van der Waals surface area contributed by atoms with Crippen molar-refractivity contribution in [3.05, 3.63) is 35.9 Å². The van der Waals surface area contributed by atoms with Gasteiger partial charge >= 0.3 is 0 Å². The molecule has 22 heavy (non-hydrogen) atoms. The Morgan fingerprint density at radius 2 is 1.59 bits per heavy atom. The SMILES string of the molecule is C[C@@H](NCc1ccccc1)[C@H](O)C12CC3CC(CC(C3)C1)C2. The van der Waals surface area contributed by atoms with Gasteiger partial charge in [0, 0.05) is 12.6 Å². The van der Waals surface area contributed by atoms with Crippen molar-refractivity contribution in [2.24, 2.45) is 23.2 Å². The topological polar surface area (TPSA) is 32.3 Å². The van der Waals surface area contributed by atoms with Crippen molar-refractivity contribution in [3.8, 4) is 0 Å². The van der Waals surface area contributed by atoms with Crippen LogP contribution in [0.25, 0.3) is 0 Å². The zero-order valence-electron chi connectivity index (χ0n) is 13.7. The van der Waals surface area contributed by atoms with Gasteiger partial charge in [-0.2, -0.15) is 0 Å². The van der Waals surface area contributed by atoms with Crippen LogP contribution in [0.4, 0.5) is 0 Å². The van der Waals surface area contributed by atoms with Crippen LogP contribution in [0, 0.1) is 23.2 Å². The van der Waals surface area contributed by atoms with Crippen molar-refractivity contribution < 1.29 is 5.11 Å². The van der Waals surface area contributed by atoms with Crippen LogP contribution in [0.1, 0.15) is 51.0 Å². The monoisotopic (exact) mass is 299 g/mol. The van der Waals surface area contributed by atoms with Crippen LogP contribution < -0.4 is 5.32 Å². The molecule has 4 bridgehead atoms. The molecule has 1 aromatic carbocycles. The van der Waals surface area contributed by atoms with Gasteiger partial charge in [-0.1, -0.05) is 30.3 Å². The summed E-state index contributed by atoms with van der Waals surface area (Å²) in [6.45, 7) is 3.03. The lowest BCUT2D eigenvalue weighted by Gasteiger charge is -2.59. The summed E-state index contributed by atoms with van der Waals surface area (Å²) < 4.78 is 0. The highest BCUT2D eigenvalue weighted by Crippen LogP contribution is 2.61. The maximum atomic E-state index is 11.1. The molecule has 0 heterocycles. The molecule has 0 saturated heterocycles. The first-order valence-electron chi connectivity index (χ1n) is 9.10. The molecule has 5 rings (SSSR count). The third kappa shape index (κ3) is 2.61. The Kier molecular flexibility index (Phi) is 3.78. The summed E-state index contributed by atoms with van der Waals surface area (Å²) >= 11 is 0. The minimum Gasteiger partial charge on any atom is -0.391 e. The predicted octanol–water partition coefficient (Wildman–Crippen LogP) is 3.74. The summed E-state index contributed by atoms with van der Waals surface area (Å²) in [5, 5.41) is 14.7. The van der Waals surface area contributed by atoms with Crippen molar-refractivity contribution >= 4 is 0 Å². The molecule has 0 spiro atoms. The van der Waals surface area contributed by atoms with Gasteiger partial charge in [0.1, 0.15) is 0 Å². The first kappa shape index (κ1) is 14.7. The van der Waals surface area contributed by atoms with E-state index < -0.39 is 0 Å². The van der Waals surface area contributed by atoms with E-state index in [1.54, 1.807) is 0 Å². The van der Waals surface area contributed by atoms with Gasteiger partial charge in [0.05, 0.1) is 6.10 Å². The summed E-state index contributed by atoms with van der Waals surface area (Å²) in [6, 6.07) is 10.7. The number of hydrogen-bond donors (Lipinski definition) is 2. The number of benzene rings is 1. The van der Waals surface area contributed by atoms with Gasteiger partial charge in [0.2, 0.25) is 0 Å². The largest absolute Gasteiger partial charge is 0.391 e. The van der Waals surface area contributed by atoms with Crippen LogP contribution in [0.3, 0.4) is 0 Å². The quantitative estimate of drug-likeness (QED) is 0.868. The van der Waals surface area contributed by atoms with Crippen LogP contribution in [-0.4, -0.2) is 17.3 Å². The van der Waals surface area contributed by atoms with Crippen molar-refractivity contribution in [2.75, 3.05) is 0 Å². The van der Waals surface area contributed by atoms with E-state index in [4.69, 9.17) is 0 Å². The molecule has 4 aliphatic rings. The van der Waals surface area contributed by atoms with Crippen molar-refractivity contribution in [1.82, 2.24) is 5.32 Å². The second-order valence-corrected chi connectivity index (χ2v) is 8.38. The van der Waals surface area contributed by atoms with Crippen molar-refractivity contribution in [3.63, 3.8) is 0 Å². The molecule has 2 N–H and O–H groups in total. The molecule has 0 aliphatic heterocycles. The fourth-order valence-electron chi connectivity index (χ4n) is 6.06. The standard InChI is InChI=1S/C20H29NO/c1-14(21-13-15-5-3-2-4-6-15)19(22)20-10-16-7-17(11-20)9-18(8-16)12-20/h2-6,14,16-19,21-22H,7-13H2,1H3/t14-,16?,17?,18?,19+,20?/m1/s1. The maximum absolute atomic E-state index is 11.1. The van der Waals surface area contributed by atoms with E-state index in [1.807, 2.05) is 0 Å². The lowest BCUT2D eigenvalue weighted by molar-refractivity contribution is -0.128. The zero-order valence-corrected chi connectivity index (χ0v) is 13.7. The van der Waals surface area contributed by atoms with Crippen LogP contribution in [0.2, 0.25) is 0 Å². The predicted molar refractivity (Wildman–Crippen MR) is 89.4 cm³/mol. The van der Waals surface area contributed by atoms with Crippen LogP contribution in [0.5, 0.6) is 0 Å². The Balaban J connectivity index is 1.41. The highest BCUT2D eigenvalue weighted by atomic mass is 16.3. The van der Waals surface area contributed by atoms with E-state index in [0.29, 0.717) is 0 Å². The third-order valence-corrected chi connectivity index (χ3v) is 6.66. The molecule has 2 nitrogen and oxygen atoms in total. The van der Waals surface area contributed by atoms with Gasteiger partial charge in [-0.3, -0.25) is 0 Å². The number of aliphatic hydroxyl groups excluding tert-OH is 1. The molecule has 2 heteroatoms. The van der Waals surface area contributed by atoms with Gasteiger partial charge < -0.3 is 10.4 Å². The van der Waals surface area contributed by atoms with Gasteiger partial charge in [0.25, 0.3) is 0 Å². The molecule has 1 aromatic rings. The second kappa shape index (κ2) is 5.65. The molecule has 0 amide bonds. The molecule has 120 valence electrons. The number of aliphatic hydroxyl groups is 1. The summed E-state index contributed by atoms with van der Waals surface area (Å²) in [5.74, 6) is 2.71. The number of rotatable bonds is 5. The molecular formula is C20H29NO.